The lowest BCUT2D eigenvalue weighted by Gasteiger charge is -2.15. The number of hydrogen-bond acceptors (Lipinski definition) is 2. The van der Waals surface area contributed by atoms with Crippen molar-refractivity contribution in [3.05, 3.63) is 59.8 Å². The smallest absolute Gasteiger partial charge is 0.259 e. The molecule has 0 fully saturated rings. The van der Waals surface area contributed by atoms with Gasteiger partial charge in [0.2, 0.25) is 0 Å². The molecule has 1 N–H and O–H groups in total. The quantitative estimate of drug-likeness (QED) is 0.781. The van der Waals surface area contributed by atoms with Crippen LogP contribution in [0.3, 0.4) is 0 Å². The summed E-state index contributed by atoms with van der Waals surface area (Å²) in [5, 5.41) is 1.11. The number of aromatic nitrogens is 1. The molecule has 0 atom stereocenters. The highest BCUT2D eigenvalue weighted by Gasteiger charge is 2.28. The highest BCUT2D eigenvalue weighted by atomic mass is 16.5. The van der Waals surface area contributed by atoms with Crippen molar-refractivity contribution in [2.24, 2.45) is 0 Å². The molecule has 3 aromatic rings. The van der Waals surface area contributed by atoms with Crippen LogP contribution in [-0.4, -0.2) is 18.0 Å². The number of aromatic amines is 1. The third-order valence-electron chi connectivity index (χ3n) is 3.97. The lowest BCUT2D eigenvalue weighted by atomic mass is 10.1. The Morgan fingerprint density at radius 3 is 2.90 bits per heavy atom. The van der Waals surface area contributed by atoms with E-state index in [4.69, 9.17) is 4.74 Å². The second-order valence-electron chi connectivity index (χ2n) is 5.16. The molecule has 4 rings (SSSR count). The highest BCUT2D eigenvalue weighted by molar-refractivity contribution is 6.10. The van der Waals surface area contributed by atoms with Gasteiger partial charge in [-0.1, -0.05) is 6.07 Å². The van der Waals surface area contributed by atoms with Gasteiger partial charge in [0.05, 0.1) is 13.7 Å². The predicted octanol–water partition coefficient (Wildman–Crippen LogP) is 3.34. The molecule has 2 aromatic carbocycles. The summed E-state index contributed by atoms with van der Waals surface area (Å²) in [6.07, 6.45) is 1.90. The summed E-state index contributed by atoms with van der Waals surface area (Å²) in [6.45, 7) is 0.605. The standard InChI is InChI=1S/C17H14N2O2/c1-21-14-4-2-12-10-19(17(20)15(12)9-14)13-3-5-16-11(8-13)6-7-18-16/h2-9,18H,10H2,1H3. The van der Waals surface area contributed by atoms with E-state index in [2.05, 4.69) is 4.98 Å². The maximum Gasteiger partial charge on any atom is 0.259 e. The van der Waals surface area contributed by atoms with Crippen molar-refractivity contribution in [3.8, 4) is 5.75 Å². The number of rotatable bonds is 2. The molecule has 4 heteroatoms. The van der Waals surface area contributed by atoms with Crippen LogP contribution in [-0.2, 0) is 6.54 Å². The summed E-state index contributed by atoms with van der Waals surface area (Å²) in [5.74, 6) is 0.740. The van der Waals surface area contributed by atoms with Crippen molar-refractivity contribution < 1.29 is 9.53 Å². The summed E-state index contributed by atoms with van der Waals surface area (Å²) >= 11 is 0. The van der Waals surface area contributed by atoms with Crippen LogP contribution in [0.5, 0.6) is 5.75 Å². The summed E-state index contributed by atoms with van der Waals surface area (Å²) < 4.78 is 5.20. The number of ether oxygens (including phenoxy) is 1. The molecule has 0 aliphatic carbocycles. The SMILES string of the molecule is COc1ccc2c(c1)C(=O)N(c1ccc3[nH]ccc3c1)C2. The molecule has 4 nitrogen and oxygen atoms in total. The van der Waals surface area contributed by atoms with Crippen LogP contribution in [0.15, 0.2) is 48.7 Å². The van der Waals surface area contributed by atoms with Gasteiger partial charge in [0.1, 0.15) is 5.75 Å². The Morgan fingerprint density at radius 1 is 1.14 bits per heavy atom. The van der Waals surface area contributed by atoms with Gasteiger partial charge >= 0.3 is 0 Å². The van der Waals surface area contributed by atoms with Gasteiger partial charge in [0.25, 0.3) is 5.91 Å². The van der Waals surface area contributed by atoms with Crippen LogP contribution in [0, 0.1) is 0 Å². The number of H-pyrrole nitrogens is 1. The average molecular weight is 278 g/mol. The number of benzene rings is 2. The number of nitrogens with one attached hydrogen (secondary N) is 1. The fourth-order valence-electron chi connectivity index (χ4n) is 2.82. The molecule has 0 bridgehead atoms. The zero-order chi connectivity index (χ0) is 14.4. The minimum atomic E-state index is 0.0267. The molecular formula is C17H14N2O2. The van der Waals surface area contributed by atoms with Crippen LogP contribution in [0.1, 0.15) is 15.9 Å². The van der Waals surface area contributed by atoms with E-state index in [0.717, 1.165) is 27.7 Å². The molecule has 104 valence electrons. The summed E-state index contributed by atoms with van der Waals surface area (Å²) in [4.78, 5) is 17.6. The van der Waals surface area contributed by atoms with E-state index in [0.29, 0.717) is 12.3 Å². The van der Waals surface area contributed by atoms with Gasteiger partial charge in [0, 0.05) is 28.4 Å². The molecule has 0 spiro atoms. The first-order valence-corrected chi connectivity index (χ1v) is 6.82. The Kier molecular flexibility index (Phi) is 2.51. The number of carbonyl (C=O) groups is 1. The lowest BCUT2D eigenvalue weighted by Crippen LogP contribution is -2.22. The van der Waals surface area contributed by atoms with E-state index >= 15 is 0 Å². The molecule has 1 aliphatic rings. The Bertz CT molecular complexity index is 851. The van der Waals surface area contributed by atoms with Crippen LogP contribution in [0.2, 0.25) is 0 Å². The Labute approximate surface area is 122 Å². The van der Waals surface area contributed by atoms with Crippen molar-refractivity contribution in [1.29, 1.82) is 0 Å². The summed E-state index contributed by atoms with van der Waals surface area (Å²) in [6, 6.07) is 13.7. The molecular weight excluding hydrogens is 264 g/mol. The van der Waals surface area contributed by atoms with Crippen molar-refractivity contribution >= 4 is 22.5 Å². The number of amides is 1. The largest absolute Gasteiger partial charge is 0.497 e. The second-order valence-corrected chi connectivity index (χ2v) is 5.16. The maximum atomic E-state index is 12.6. The van der Waals surface area contributed by atoms with Gasteiger partial charge < -0.3 is 14.6 Å². The van der Waals surface area contributed by atoms with Gasteiger partial charge in [0.15, 0.2) is 0 Å². The van der Waals surface area contributed by atoms with Gasteiger partial charge in [-0.2, -0.15) is 0 Å². The normalized spacial score (nSPS) is 13.8. The first-order valence-electron chi connectivity index (χ1n) is 6.82. The Balaban J connectivity index is 1.75. The maximum absolute atomic E-state index is 12.6. The molecule has 1 amide bonds. The lowest BCUT2D eigenvalue weighted by molar-refractivity contribution is 0.0996. The number of hydrogen-bond donors (Lipinski definition) is 1. The van der Waals surface area contributed by atoms with Crippen LogP contribution >= 0.6 is 0 Å². The van der Waals surface area contributed by atoms with Crippen molar-refractivity contribution in [2.75, 3.05) is 12.0 Å². The first kappa shape index (κ1) is 12.0. The minimum absolute atomic E-state index is 0.0267. The monoisotopic (exact) mass is 278 g/mol. The zero-order valence-corrected chi connectivity index (χ0v) is 11.6. The Hall–Kier alpha value is -2.75. The zero-order valence-electron chi connectivity index (χ0n) is 11.6. The van der Waals surface area contributed by atoms with Gasteiger partial charge in [-0.3, -0.25) is 4.79 Å². The topological polar surface area (TPSA) is 45.3 Å². The van der Waals surface area contributed by atoms with Crippen molar-refractivity contribution in [2.45, 2.75) is 6.54 Å². The predicted molar refractivity (Wildman–Crippen MR) is 81.8 cm³/mol. The third-order valence-corrected chi connectivity index (χ3v) is 3.97. The van der Waals surface area contributed by atoms with Crippen LogP contribution in [0.4, 0.5) is 5.69 Å². The highest BCUT2D eigenvalue weighted by Crippen LogP contribution is 2.32. The molecule has 0 unspecified atom stereocenters. The van der Waals surface area contributed by atoms with E-state index in [1.54, 1.807) is 12.0 Å². The molecule has 21 heavy (non-hydrogen) atoms. The number of methoxy groups -OCH3 is 1. The molecule has 0 saturated carbocycles. The summed E-state index contributed by atoms with van der Waals surface area (Å²) in [7, 11) is 1.61. The molecule has 1 aromatic heterocycles. The van der Waals surface area contributed by atoms with E-state index < -0.39 is 0 Å². The number of nitrogens with zero attached hydrogens (tertiary/aromatic N) is 1. The molecule has 0 saturated heterocycles. The van der Waals surface area contributed by atoms with Crippen LogP contribution < -0.4 is 9.64 Å². The fourth-order valence-corrected chi connectivity index (χ4v) is 2.82. The van der Waals surface area contributed by atoms with E-state index in [1.165, 1.54) is 0 Å². The van der Waals surface area contributed by atoms with E-state index in [1.807, 2.05) is 48.7 Å². The Morgan fingerprint density at radius 2 is 2.05 bits per heavy atom. The van der Waals surface area contributed by atoms with E-state index in [-0.39, 0.29) is 5.91 Å². The van der Waals surface area contributed by atoms with Gasteiger partial charge in [-0.15, -0.1) is 0 Å². The number of anilines is 1. The van der Waals surface area contributed by atoms with Crippen molar-refractivity contribution in [3.63, 3.8) is 0 Å². The fraction of sp³-hybridized carbons (Fsp3) is 0.118. The summed E-state index contributed by atoms with van der Waals surface area (Å²) in [5.41, 5.74) is 3.75. The van der Waals surface area contributed by atoms with Crippen LogP contribution in [0.25, 0.3) is 10.9 Å². The number of fused-ring (bicyclic) bond motifs is 2. The van der Waals surface area contributed by atoms with Gasteiger partial charge in [-0.05, 0) is 42.0 Å². The molecule has 1 aliphatic heterocycles. The number of carbonyl (C=O) groups excluding carboxylic acids is 1. The van der Waals surface area contributed by atoms with E-state index in [9.17, 15) is 4.79 Å². The van der Waals surface area contributed by atoms with Crippen molar-refractivity contribution in [1.82, 2.24) is 4.98 Å². The first-order chi connectivity index (χ1) is 10.3. The minimum Gasteiger partial charge on any atom is -0.497 e. The van der Waals surface area contributed by atoms with Gasteiger partial charge in [-0.25, -0.2) is 0 Å². The third kappa shape index (κ3) is 1.80. The average Bonchev–Trinajstić information content (AvgIpc) is 3.11. The molecule has 2 heterocycles. The second kappa shape index (κ2) is 4.38. The molecule has 0 radical (unpaired) electrons.